The van der Waals surface area contributed by atoms with Gasteiger partial charge < -0.3 is 10.4 Å². The number of nitrogens with zero attached hydrogens (tertiary/aromatic N) is 1. The number of aliphatic hydroxyl groups excluding tert-OH is 1. The van der Waals surface area contributed by atoms with E-state index < -0.39 is 0 Å². The van der Waals surface area contributed by atoms with Crippen molar-refractivity contribution in [2.24, 2.45) is 5.92 Å². The lowest BCUT2D eigenvalue weighted by Crippen LogP contribution is -2.36. The molecule has 0 amide bonds. The Kier molecular flexibility index (Phi) is 7.21. The third kappa shape index (κ3) is 5.03. The second-order valence-electron chi connectivity index (χ2n) is 6.00. The van der Waals surface area contributed by atoms with Crippen molar-refractivity contribution < 1.29 is 9.50 Å². The SMILES string of the molecule is CCSc1cccc(-c2ccc(F)c(CN[C@@H](CO)C(C)C)n2)c1. The second kappa shape index (κ2) is 9.16. The first-order valence-electron chi connectivity index (χ1n) is 8.28. The maximum absolute atomic E-state index is 14.1. The van der Waals surface area contributed by atoms with Gasteiger partial charge in [0.2, 0.25) is 0 Å². The molecule has 0 aliphatic rings. The van der Waals surface area contributed by atoms with Gasteiger partial charge in [-0.2, -0.15) is 0 Å². The van der Waals surface area contributed by atoms with Crippen LogP contribution in [-0.4, -0.2) is 28.5 Å². The minimum absolute atomic E-state index is 0.0231. The van der Waals surface area contributed by atoms with Gasteiger partial charge in [0.25, 0.3) is 0 Å². The van der Waals surface area contributed by atoms with E-state index in [4.69, 9.17) is 0 Å². The maximum Gasteiger partial charge on any atom is 0.146 e. The van der Waals surface area contributed by atoms with Crippen molar-refractivity contribution in [3.05, 3.63) is 47.9 Å². The molecule has 2 N–H and O–H groups in total. The quantitative estimate of drug-likeness (QED) is 0.705. The van der Waals surface area contributed by atoms with Gasteiger partial charge in [0.1, 0.15) is 5.82 Å². The molecule has 2 aromatic rings. The molecule has 0 unspecified atom stereocenters. The summed E-state index contributed by atoms with van der Waals surface area (Å²) in [5, 5.41) is 12.6. The number of aromatic nitrogens is 1. The van der Waals surface area contributed by atoms with Crippen LogP contribution in [0.3, 0.4) is 0 Å². The summed E-state index contributed by atoms with van der Waals surface area (Å²) >= 11 is 1.77. The summed E-state index contributed by atoms with van der Waals surface area (Å²) in [4.78, 5) is 5.66. The Balaban J connectivity index is 2.20. The Morgan fingerprint density at radius 2 is 2.04 bits per heavy atom. The minimum Gasteiger partial charge on any atom is -0.395 e. The maximum atomic E-state index is 14.1. The minimum atomic E-state index is -0.328. The monoisotopic (exact) mass is 348 g/mol. The van der Waals surface area contributed by atoms with Crippen molar-refractivity contribution in [3.8, 4) is 11.3 Å². The van der Waals surface area contributed by atoms with E-state index >= 15 is 0 Å². The summed E-state index contributed by atoms with van der Waals surface area (Å²) in [5.74, 6) is 0.947. The molecule has 130 valence electrons. The molecule has 3 nitrogen and oxygen atoms in total. The van der Waals surface area contributed by atoms with Crippen molar-refractivity contribution >= 4 is 11.8 Å². The van der Waals surface area contributed by atoms with Crippen molar-refractivity contribution in [1.82, 2.24) is 10.3 Å². The third-order valence-electron chi connectivity index (χ3n) is 3.89. The summed E-state index contributed by atoms with van der Waals surface area (Å²) in [6.07, 6.45) is 0. The van der Waals surface area contributed by atoms with Crippen LogP contribution in [0.25, 0.3) is 11.3 Å². The van der Waals surface area contributed by atoms with E-state index in [0.29, 0.717) is 12.2 Å². The average Bonchev–Trinajstić information content (AvgIpc) is 2.57. The van der Waals surface area contributed by atoms with Gasteiger partial charge in [-0.05, 0) is 35.9 Å². The predicted molar refractivity (Wildman–Crippen MR) is 98.6 cm³/mol. The Bertz CT molecular complexity index is 664. The van der Waals surface area contributed by atoms with E-state index in [-0.39, 0.29) is 24.4 Å². The molecule has 24 heavy (non-hydrogen) atoms. The molecule has 1 aromatic carbocycles. The first-order valence-corrected chi connectivity index (χ1v) is 9.26. The number of rotatable bonds is 8. The van der Waals surface area contributed by atoms with Crippen LogP contribution >= 0.6 is 11.8 Å². The zero-order valence-corrected chi connectivity index (χ0v) is 15.2. The molecule has 1 atom stereocenters. The van der Waals surface area contributed by atoms with E-state index in [9.17, 15) is 9.50 Å². The topological polar surface area (TPSA) is 45.1 Å². The van der Waals surface area contributed by atoms with Gasteiger partial charge in [0, 0.05) is 23.0 Å². The van der Waals surface area contributed by atoms with Crippen LogP contribution in [0.15, 0.2) is 41.3 Å². The Morgan fingerprint density at radius 3 is 2.71 bits per heavy atom. The predicted octanol–water partition coefficient (Wildman–Crippen LogP) is 4.11. The highest BCUT2D eigenvalue weighted by Gasteiger charge is 2.14. The highest BCUT2D eigenvalue weighted by atomic mass is 32.2. The third-order valence-corrected chi connectivity index (χ3v) is 4.77. The number of hydrogen-bond acceptors (Lipinski definition) is 4. The van der Waals surface area contributed by atoms with Crippen molar-refractivity contribution in [3.63, 3.8) is 0 Å². The fourth-order valence-corrected chi connectivity index (χ4v) is 3.14. The summed E-state index contributed by atoms with van der Waals surface area (Å²) in [6, 6.07) is 11.2. The lowest BCUT2D eigenvalue weighted by Gasteiger charge is -2.20. The summed E-state index contributed by atoms with van der Waals surface area (Å²) < 4.78 is 14.1. The molecule has 0 saturated carbocycles. The Hall–Kier alpha value is -1.43. The molecule has 0 saturated heterocycles. The highest BCUT2D eigenvalue weighted by Crippen LogP contribution is 2.25. The lowest BCUT2D eigenvalue weighted by atomic mass is 10.1. The fraction of sp³-hybridized carbons (Fsp3) is 0.421. The zero-order chi connectivity index (χ0) is 17.5. The largest absolute Gasteiger partial charge is 0.395 e. The number of thioether (sulfide) groups is 1. The molecule has 2 rings (SSSR count). The standard InChI is InChI=1S/C19H25FN2OS/c1-4-24-15-7-5-6-14(10-15)17-9-8-16(20)18(22-17)11-21-19(12-23)13(2)3/h5-10,13,19,21,23H,4,11-12H2,1-3H3/t19-/m0/s1. The van der Waals surface area contributed by atoms with E-state index in [1.807, 2.05) is 26.0 Å². The molecular formula is C19H25FN2OS. The number of benzene rings is 1. The first kappa shape index (κ1) is 18.9. The molecule has 5 heteroatoms. The van der Waals surface area contributed by atoms with Crippen molar-refractivity contribution in [1.29, 1.82) is 0 Å². The molecule has 0 aliphatic heterocycles. The van der Waals surface area contributed by atoms with Gasteiger partial charge >= 0.3 is 0 Å². The van der Waals surface area contributed by atoms with Crippen LogP contribution in [0, 0.1) is 11.7 Å². The Morgan fingerprint density at radius 1 is 1.25 bits per heavy atom. The first-order chi connectivity index (χ1) is 11.5. The van der Waals surface area contributed by atoms with Gasteiger partial charge in [-0.15, -0.1) is 11.8 Å². The van der Waals surface area contributed by atoms with Crippen molar-refractivity contribution in [2.75, 3.05) is 12.4 Å². The summed E-state index contributed by atoms with van der Waals surface area (Å²) in [7, 11) is 0. The number of pyridine rings is 1. The van der Waals surface area contributed by atoms with E-state index in [1.54, 1.807) is 17.8 Å². The number of halogens is 1. The van der Waals surface area contributed by atoms with Crippen LogP contribution in [-0.2, 0) is 6.54 Å². The summed E-state index contributed by atoms with van der Waals surface area (Å²) in [5.41, 5.74) is 2.12. The lowest BCUT2D eigenvalue weighted by molar-refractivity contribution is 0.209. The van der Waals surface area contributed by atoms with Crippen LogP contribution in [0.5, 0.6) is 0 Å². The van der Waals surface area contributed by atoms with Gasteiger partial charge in [-0.3, -0.25) is 0 Å². The van der Waals surface area contributed by atoms with Gasteiger partial charge in [-0.1, -0.05) is 32.9 Å². The second-order valence-corrected chi connectivity index (χ2v) is 7.34. The number of nitrogens with one attached hydrogen (secondary N) is 1. The number of hydrogen-bond donors (Lipinski definition) is 2. The molecule has 0 bridgehead atoms. The van der Waals surface area contributed by atoms with Crippen molar-refractivity contribution in [2.45, 2.75) is 38.3 Å². The fourth-order valence-electron chi connectivity index (χ4n) is 2.42. The molecule has 0 spiro atoms. The van der Waals surface area contributed by atoms with Crippen LogP contribution in [0.1, 0.15) is 26.5 Å². The molecule has 0 fully saturated rings. The Labute approximate surface area is 147 Å². The number of aliphatic hydroxyl groups is 1. The molecule has 0 radical (unpaired) electrons. The smallest absolute Gasteiger partial charge is 0.146 e. The van der Waals surface area contributed by atoms with E-state index in [1.165, 1.54) is 11.0 Å². The van der Waals surface area contributed by atoms with Gasteiger partial charge in [0.05, 0.1) is 18.0 Å². The zero-order valence-electron chi connectivity index (χ0n) is 14.4. The molecule has 0 aliphatic carbocycles. The van der Waals surface area contributed by atoms with Crippen LogP contribution < -0.4 is 5.32 Å². The van der Waals surface area contributed by atoms with E-state index in [2.05, 4.69) is 29.4 Å². The van der Waals surface area contributed by atoms with Crippen LogP contribution in [0.4, 0.5) is 4.39 Å². The van der Waals surface area contributed by atoms with Gasteiger partial charge in [-0.25, -0.2) is 9.37 Å². The normalized spacial score (nSPS) is 12.6. The highest BCUT2D eigenvalue weighted by molar-refractivity contribution is 7.99. The summed E-state index contributed by atoms with van der Waals surface area (Å²) in [6.45, 7) is 6.47. The van der Waals surface area contributed by atoms with Crippen LogP contribution in [0.2, 0.25) is 0 Å². The molecule has 1 aromatic heterocycles. The van der Waals surface area contributed by atoms with E-state index in [0.717, 1.165) is 17.0 Å². The average molecular weight is 348 g/mol. The van der Waals surface area contributed by atoms with Gasteiger partial charge in [0.15, 0.2) is 0 Å². The molecule has 1 heterocycles. The molecular weight excluding hydrogens is 323 g/mol.